The monoisotopic (exact) mass is 831 g/mol. The molecule has 0 bridgehead atoms. The standard InChI is InChI=1S/C44H68N2.2C4H10O.Ni/c1-7-13-19-22-28-42-41(27-18-12-6)43(39-31-35(23-16-10-4)29-37(33-39)25-20-14-8-2)46(45)44(42)40-32-36(24-17-11-5)30-38(34-40)26-21-15-9-3;2*1-2-3-4-5;/h29-34H,7-28H2,1-6H3;2*5H,2-4H2,1H3;. The maximum Gasteiger partial charge on any atom is 0.211 e. The molecule has 0 spiro atoms. The van der Waals surface area contributed by atoms with Crippen LogP contribution in [0.3, 0.4) is 0 Å². The van der Waals surface area contributed by atoms with E-state index >= 15 is 0 Å². The molecular weight excluding hydrogens is 743 g/mol. The van der Waals surface area contributed by atoms with Crippen LogP contribution >= 0.6 is 0 Å². The molecule has 1 aliphatic heterocycles. The first-order valence-electron chi connectivity index (χ1n) is 23.8. The zero-order chi connectivity index (χ0) is 41.4. The van der Waals surface area contributed by atoms with Gasteiger partial charge in [-0.2, -0.15) is 0 Å². The topological polar surface area (TPSA) is 65.8 Å². The summed E-state index contributed by atoms with van der Waals surface area (Å²) in [5, 5.41) is 16.1. The van der Waals surface area contributed by atoms with Crippen LogP contribution in [0, 0.1) is 0 Å². The largest absolute Gasteiger partial charge is 0.493 e. The summed E-state index contributed by atoms with van der Waals surface area (Å²) in [6, 6.07) is 14.6. The maximum atomic E-state index is 12.5. The molecule has 3 rings (SSSR count). The second-order valence-electron chi connectivity index (χ2n) is 16.2. The SMILES string of the molecule is CCCCCCC1=C(c2cc(CCCC)cc(CCCCC)c2)[N+](=[N-])C(c2cc(CCCC)cc(CCCCC)c2)=C1CCCC.CCCCO.CCCCO.[Ni]. The third-order valence-corrected chi connectivity index (χ3v) is 10.9. The fourth-order valence-electron chi connectivity index (χ4n) is 7.48. The minimum atomic E-state index is 0. The van der Waals surface area contributed by atoms with Gasteiger partial charge in [-0.05, 0) is 136 Å². The molecule has 2 aromatic rings. The van der Waals surface area contributed by atoms with E-state index in [0.717, 1.165) is 88.4 Å². The van der Waals surface area contributed by atoms with Crippen LogP contribution < -0.4 is 0 Å². The van der Waals surface area contributed by atoms with E-state index in [4.69, 9.17) is 10.2 Å². The third kappa shape index (κ3) is 21.7. The van der Waals surface area contributed by atoms with Gasteiger partial charge in [-0.15, -0.1) is 0 Å². The van der Waals surface area contributed by atoms with Gasteiger partial charge in [-0.3, -0.25) is 0 Å². The van der Waals surface area contributed by atoms with E-state index in [1.165, 1.54) is 134 Å². The van der Waals surface area contributed by atoms with Gasteiger partial charge in [-0.25, -0.2) is 4.70 Å². The van der Waals surface area contributed by atoms with Crippen molar-refractivity contribution in [1.29, 1.82) is 0 Å². The molecule has 1 heterocycles. The molecule has 0 amide bonds. The number of aryl methyl sites for hydroxylation is 4. The van der Waals surface area contributed by atoms with Gasteiger partial charge in [0.15, 0.2) is 0 Å². The normalized spacial score (nSPS) is 12.4. The molecule has 328 valence electrons. The summed E-state index contributed by atoms with van der Waals surface area (Å²) in [5.74, 6) is 0. The second kappa shape index (κ2) is 35.8. The minimum absolute atomic E-state index is 0. The number of aliphatic hydroxyl groups excluding tert-OH is 2. The Labute approximate surface area is 363 Å². The van der Waals surface area contributed by atoms with Crippen LogP contribution in [0.15, 0.2) is 47.5 Å². The van der Waals surface area contributed by atoms with Crippen LogP contribution in [0.25, 0.3) is 16.9 Å². The summed E-state index contributed by atoms with van der Waals surface area (Å²) in [4.78, 5) is 0. The minimum Gasteiger partial charge on any atom is -0.493 e. The Morgan fingerprint density at radius 3 is 0.965 bits per heavy atom. The molecule has 1 aliphatic rings. The second-order valence-corrected chi connectivity index (χ2v) is 16.2. The Balaban J connectivity index is 0.00000253. The smallest absolute Gasteiger partial charge is 0.211 e. The Hall–Kier alpha value is -2.07. The van der Waals surface area contributed by atoms with Gasteiger partial charge in [-0.1, -0.05) is 145 Å². The van der Waals surface area contributed by atoms with Gasteiger partial charge in [0.2, 0.25) is 11.4 Å². The van der Waals surface area contributed by atoms with Gasteiger partial charge in [0, 0.05) is 52.0 Å². The Morgan fingerprint density at radius 1 is 0.368 bits per heavy atom. The number of unbranched alkanes of at least 4 members (excludes halogenated alkanes) is 12. The van der Waals surface area contributed by atoms with Gasteiger partial charge >= 0.3 is 0 Å². The molecule has 0 saturated carbocycles. The van der Waals surface area contributed by atoms with Gasteiger partial charge in [0.05, 0.1) is 0 Å². The molecule has 0 saturated heterocycles. The average Bonchev–Trinajstić information content (AvgIpc) is 3.48. The number of hydrogen-bond acceptors (Lipinski definition) is 2. The third-order valence-electron chi connectivity index (χ3n) is 10.9. The van der Waals surface area contributed by atoms with Gasteiger partial charge in [0.1, 0.15) is 0 Å². The van der Waals surface area contributed by atoms with Crippen LogP contribution in [0.1, 0.15) is 230 Å². The van der Waals surface area contributed by atoms with Crippen molar-refractivity contribution in [2.24, 2.45) is 0 Å². The number of hydrogen-bond donors (Lipinski definition) is 2. The first kappa shape index (κ1) is 54.9. The Bertz CT molecular complexity index is 1380. The quantitative estimate of drug-likeness (QED) is 0.0510. The van der Waals surface area contributed by atoms with Crippen molar-refractivity contribution in [2.75, 3.05) is 13.2 Å². The predicted molar refractivity (Wildman–Crippen MR) is 246 cm³/mol. The summed E-state index contributed by atoms with van der Waals surface area (Å²) in [6.07, 6.45) is 30.2. The number of allylic oxidation sites excluding steroid dienone is 2. The Morgan fingerprint density at radius 2 is 0.649 bits per heavy atom. The molecule has 0 aromatic heterocycles. The fourth-order valence-corrected chi connectivity index (χ4v) is 7.48. The van der Waals surface area contributed by atoms with Gasteiger partial charge < -0.3 is 15.7 Å². The van der Waals surface area contributed by atoms with Crippen molar-refractivity contribution in [3.63, 3.8) is 0 Å². The molecular formula is C52H88N2NiO2. The summed E-state index contributed by atoms with van der Waals surface area (Å²) in [5.41, 5.74) is 25.6. The van der Waals surface area contributed by atoms with Crippen molar-refractivity contribution in [1.82, 2.24) is 0 Å². The van der Waals surface area contributed by atoms with E-state index < -0.39 is 0 Å². The van der Waals surface area contributed by atoms with E-state index in [9.17, 15) is 5.53 Å². The molecule has 57 heavy (non-hydrogen) atoms. The number of nitrogens with zero attached hydrogens (tertiary/aromatic N) is 2. The van der Waals surface area contributed by atoms with E-state index in [0.29, 0.717) is 13.2 Å². The summed E-state index contributed by atoms with van der Waals surface area (Å²) in [7, 11) is 0. The molecule has 5 heteroatoms. The molecule has 0 aliphatic carbocycles. The zero-order valence-corrected chi connectivity index (χ0v) is 39.4. The zero-order valence-electron chi connectivity index (χ0n) is 38.4. The number of benzene rings is 2. The molecule has 0 fully saturated rings. The summed E-state index contributed by atoms with van der Waals surface area (Å²) < 4.78 is 1.66. The number of rotatable bonds is 28. The molecule has 0 radical (unpaired) electrons. The molecule has 0 unspecified atom stereocenters. The van der Waals surface area contributed by atoms with E-state index in [1.54, 1.807) is 4.70 Å². The number of aliphatic hydroxyl groups is 2. The molecule has 0 atom stereocenters. The molecule has 2 N–H and O–H groups in total. The van der Waals surface area contributed by atoms with Crippen molar-refractivity contribution in [2.45, 2.75) is 222 Å². The van der Waals surface area contributed by atoms with Gasteiger partial charge in [0.25, 0.3) is 0 Å². The average molecular weight is 832 g/mol. The van der Waals surface area contributed by atoms with E-state index in [1.807, 2.05) is 0 Å². The van der Waals surface area contributed by atoms with E-state index in [-0.39, 0.29) is 16.5 Å². The molecule has 4 nitrogen and oxygen atoms in total. The molecule has 2 aromatic carbocycles. The first-order valence-corrected chi connectivity index (χ1v) is 23.8. The maximum absolute atomic E-state index is 12.5. The Kier molecular flexibility index (Phi) is 34.5. The van der Waals surface area contributed by atoms with Crippen molar-refractivity contribution in [3.8, 4) is 0 Å². The summed E-state index contributed by atoms with van der Waals surface area (Å²) >= 11 is 0. The van der Waals surface area contributed by atoms with Crippen LogP contribution in [-0.2, 0) is 42.2 Å². The van der Waals surface area contributed by atoms with Crippen LogP contribution in [-0.4, -0.2) is 28.1 Å². The van der Waals surface area contributed by atoms with Crippen molar-refractivity contribution >= 4 is 11.4 Å². The van der Waals surface area contributed by atoms with Crippen molar-refractivity contribution < 1.29 is 31.4 Å². The van der Waals surface area contributed by atoms with Crippen LogP contribution in [0.5, 0.6) is 0 Å². The van der Waals surface area contributed by atoms with Crippen molar-refractivity contribution in [3.05, 3.63) is 86.5 Å². The fraction of sp³-hybridized carbons (Fsp3) is 0.692. The predicted octanol–water partition coefficient (Wildman–Crippen LogP) is 15.7. The van der Waals surface area contributed by atoms with E-state index in [2.05, 4.69) is 91.8 Å². The van der Waals surface area contributed by atoms with Crippen LogP contribution in [0.2, 0.25) is 0 Å². The van der Waals surface area contributed by atoms with Crippen LogP contribution in [0.4, 0.5) is 0 Å². The summed E-state index contributed by atoms with van der Waals surface area (Å²) in [6.45, 7) is 18.5. The first-order chi connectivity index (χ1) is 27.3.